The van der Waals surface area contributed by atoms with Gasteiger partial charge in [0.25, 0.3) is 10.0 Å². The minimum atomic E-state index is -3.88. The van der Waals surface area contributed by atoms with E-state index in [9.17, 15) is 18.3 Å². The van der Waals surface area contributed by atoms with Gasteiger partial charge in [-0.1, -0.05) is 30.7 Å². The number of rotatable bonds is 10. The molecule has 226 valence electrons. The second kappa shape index (κ2) is 13.8. The highest BCUT2D eigenvalue weighted by Gasteiger charge is 2.31. The van der Waals surface area contributed by atoms with Crippen LogP contribution in [0.2, 0.25) is 5.02 Å². The van der Waals surface area contributed by atoms with Gasteiger partial charge in [0.2, 0.25) is 5.91 Å². The second-order valence-electron chi connectivity index (χ2n) is 10.8. The van der Waals surface area contributed by atoms with E-state index in [-0.39, 0.29) is 41.9 Å². The molecule has 0 unspecified atom stereocenters. The van der Waals surface area contributed by atoms with Crippen LogP contribution in [0.4, 0.5) is 5.69 Å². The zero-order chi connectivity index (χ0) is 30.4. The molecule has 0 spiro atoms. The molecule has 3 aromatic carbocycles. The van der Waals surface area contributed by atoms with E-state index in [1.807, 2.05) is 45.2 Å². The Labute approximate surface area is 253 Å². The number of amides is 1. The Hall–Kier alpha value is -3.31. The number of hydrogen-bond acceptors (Lipinski definition) is 7. The first-order valence-electron chi connectivity index (χ1n) is 13.8. The Morgan fingerprint density at radius 2 is 1.83 bits per heavy atom. The number of ether oxygens (including phenoxy) is 2. The van der Waals surface area contributed by atoms with Crippen molar-refractivity contribution in [2.24, 2.45) is 5.92 Å². The van der Waals surface area contributed by atoms with E-state index in [2.05, 4.69) is 9.62 Å². The summed E-state index contributed by atoms with van der Waals surface area (Å²) in [5, 5.41) is 10.3. The van der Waals surface area contributed by atoms with E-state index in [0.717, 1.165) is 11.3 Å². The first kappa shape index (κ1) is 31.6. The van der Waals surface area contributed by atoms with Crippen molar-refractivity contribution < 1.29 is 27.8 Å². The number of hydrogen-bond donors (Lipinski definition) is 2. The minimum Gasteiger partial charge on any atom is -0.497 e. The fraction of sp³-hybridized carbons (Fsp3) is 0.387. The van der Waals surface area contributed by atoms with Crippen LogP contribution in [0.5, 0.6) is 11.5 Å². The van der Waals surface area contributed by atoms with Crippen molar-refractivity contribution >= 4 is 33.2 Å². The quantitative estimate of drug-likeness (QED) is 0.347. The number of likely N-dealkylation sites (N-methyl/N-ethyl adjacent to an activating group) is 1. The third-order valence-electron chi connectivity index (χ3n) is 7.40. The van der Waals surface area contributed by atoms with Crippen LogP contribution in [0.3, 0.4) is 0 Å². The SMILES string of the molecule is COc1ccc(CN(C)C[C@@H]2Oc3ccc(NS(=O)(=O)c4ccc(Cl)cc4)cc3CC(=O)N([C@H](C)CO)C[C@@H]2C)cc1. The molecule has 0 aliphatic carbocycles. The number of fused-ring (bicyclic) bond motifs is 1. The van der Waals surface area contributed by atoms with Gasteiger partial charge >= 0.3 is 0 Å². The highest BCUT2D eigenvalue weighted by Crippen LogP contribution is 2.30. The number of sulfonamides is 1. The van der Waals surface area contributed by atoms with Crippen molar-refractivity contribution in [1.29, 1.82) is 0 Å². The Morgan fingerprint density at radius 3 is 2.48 bits per heavy atom. The molecule has 0 saturated carbocycles. The lowest BCUT2D eigenvalue weighted by molar-refractivity contribution is -0.134. The minimum absolute atomic E-state index is 0.00267. The molecular formula is C31H38ClN3O6S. The van der Waals surface area contributed by atoms with Crippen LogP contribution in [-0.4, -0.2) is 75.2 Å². The second-order valence-corrected chi connectivity index (χ2v) is 12.9. The topological polar surface area (TPSA) is 108 Å². The molecule has 4 rings (SSSR count). The van der Waals surface area contributed by atoms with Crippen LogP contribution < -0.4 is 14.2 Å². The van der Waals surface area contributed by atoms with E-state index < -0.39 is 10.0 Å². The number of carbonyl (C=O) groups is 1. The Morgan fingerprint density at radius 1 is 1.14 bits per heavy atom. The van der Waals surface area contributed by atoms with E-state index in [0.29, 0.717) is 41.7 Å². The largest absolute Gasteiger partial charge is 0.497 e. The van der Waals surface area contributed by atoms with Crippen LogP contribution in [0.25, 0.3) is 0 Å². The lowest BCUT2D eigenvalue weighted by atomic mass is 10.0. The van der Waals surface area contributed by atoms with Gasteiger partial charge in [0.15, 0.2) is 0 Å². The summed E-state index contributed by atoms with van der Waals surface area (Å²) in [6, 6.07) is 18.4. The zero-order valence-corrected chi connectivity index (χ0v) is 25.9. The van der Waals surface area contributed by atoms with Crippen LogP contribution in [0, 0.1) is 5.92 Å². The predicted molar refractivity (Wildman–Crippen MR) is 164 cm³/mol. The lowest BCUT2D eigenvalue weighted by Crippen LogP contribution is -2.47. The molecule has 3 atom stereocenters. The fourth-order valence-corrected chi connectivity index (χ4v) is 6.13. The summed E-state index contributed by atoms with van der Waals surface area (Å²) in [7, 11) is -0.231. The maximum atomic E-state index is 13.5. The third-order valence-corrected chi connectivity index (χ3v) is 9.04. The van der Waals surface area contributed by atoms with E-state index in [1.54, 1.807) is 30.2 Å². The third kappa shape index (κ3) is 7.95. The monoisotopic (exact) mass is 615 g/mol. The number of aliphatic hydroxyl groups is 1. The standard InChI is InChI=1S/C31H38ClN3O6S/c1-21-17-35(22(2)20-36)31(37)16-24-15-26(33-42(38,39)28-12-7-25(32)8-13-28)9-14-29(24)41-30(21)19-34(3)18-23-5-10-27(40-4)11-6-23/h5-15,21-22,30,33,36H,16-20H2,1-4H3/t21-,22+,30-/m0/s1. The summed E-state index contributed by atoms with van der Waals surface area (Å²) in [5.74, 6) is 1.09. The van der Waals surface area contributed by atoms with E-state index in [1.165, 1.54) is 24.3 Å². The number of carbonyl (C=O) groups excluding carboxylic acids is 1. The number of nitrogens with zero attached hydrogens (tertiary/aromatic N) is 2. The number of nitrogens with one attached hydrogen (secondary N) is 1. The molecule has 42 heavy (non-hydrogen) atoms. The van der Waals surface area contributed by atoms with Gasteiger partial charge in [0.1, 0.15) is 17.6 Å². The van der Waals surface area contributed by atoms with Crippen molar-refractivity contribution in [1.82, 2.24) is 9.80 Å². The number of methoxy groups -OCH3 is 1. The molecule has 11 heteroatoms. The van der Waals surface area contributed by atoms with Gasteiger partial charge in [-0.25, -0.2) is 8.42 Å². The van der Waals surface area contributed by atoms with Gasteiger partial charge < -0.3 is 19.5 Å². The van der Waals surface area contributed by atoms with Crippen LogP contribution in [-0.2, 0) is 27.8 Å². The van der Waals surface area contributed by atoms with Crippen molar-refractivity contribution in [3.63, 3.8) is 0 Å². The first-order valence-corrected chi connectivity index (χ1v) is 15.6. The van der Waals surface area contributed by atoms with Crippen molar-refractivity contribution in [2.45, 2.75) is 43.9 Å². The maximum absolute atomic E-state index is 13.5. The highest BCUT2D eigenvalue weighted by atomic mass is 35.5. The van der Waals surface area contributed by atoms with Gasteiger partial charge in [0.05, 0.1) is 31.1 Å². The van der Waals surface area contributed by atoms with Crippen LogP contribution in [0.15, 0.2) is 71.6 Å². The molecule has 0 saturated heterocycles. The molecule has 9 nitrogen and oxygen atoms in total. The molecule has 3 aromatic rings. The number of halogens is 1. The summed E-state index contributed by atoms with van der Waals surface area (Å²) in [5.41, 5.74) is 1.99. The summed E-state index contributed by atoms with van der Waals surface area (Å²) in [4.78, 5) is 17.4. The van der Waals surface area contributed by atoms with Crippen molar-refractivity contribution in [3.05, 3.63) is 82.9 Å². The van der Waals surface area contributed by atoms with Gasteiger partial charge in [-0.2, -0.15) is 0 Å². The summed E-state index contributed by atoms with van der Waals surface area (Å²) >= 11 is 5.92. The average molecular weight is 616 g/mol. The summed E-state index contributed by atoms with van der Waals surface area (Å²) < 4.78 is 40.4. The molecule has 1 aliphatic rings. The summed E-state index contributed by atoms with van der Waals surface area (Å²) in [6.45, 7) is 5.35. The molecule has 1 aliphatic heterocycles. The van der Waals surface area contributed by atoms with Crippen LogP contribution in [0.1, 0.15) is 25.0 Å². The molecule has 2 N–H and O–H groups in total. The van der Waals surface area contributed by atoms with Crippen molar-refractivity contribution in [2.75, 3.05) is 38.6 Å². The average Bonchev–Trinajstić information content (AvgIpc) is 3.00. The Kier molecular flexibility index (Phi) is 10.4. The number of benzene rings is 3. The Bertz CT molecular complexity index is 1470. The molecular weight excluding hydrogens is 578 g/mol. The zero-order valence-electron chi connectivity index (χ0n) is 24.3. The highest BCUT2D eigenvalue weighted by molar-refractivity contribution is 7.92. The van der Waals surface area contributed by atoms with Gasteiger partial charge in [-0.15, -0.1) is 0 Å². The Balaban J connectivity index is 1.61. The van der Waals surface area contributed by atoms with Gasteiger partial charge in [-0.3, -0.25) is 14.4 Å². The van der Waals surface area contributed by atoms with Gasteiger partial charge in [-0.05, 0) is 74.1 Å². The molecule has 0 fully saturated rings. The fourth-order valence-electron chi connectivity index (χ4n) is 4.95. The molecule has 0 radical (unpaired) electrons. The molecule has 1 heterocycles. The summed E-state index contributed by atoms with van der Waals surface area (Å²) in [6.07, 6.45) is -0.292. The molecule has 0 bridgehead atoms. The maximum Gasteiger partial charge on any atom is 0.261 e. The van der Waals surface area contributed by atoms with E-state index in [4.69, 9.17) is 21.1 Å². The predicted octanol–water partition coefficient (Wildman–Crippen LogP) is 4.43. The normalized spacial score (nSPS) is 18.4. The van der Waals surface area contributed by atoms with Gasteiger partial charge in [0, 0.05) is 41.8 Å². The molecule has 0 aromatic heterocycles. The van der Waals surface area contributed by atoms with E-state index >= 15 is 0 Å². The number of anilines is 1. The number of aliphatic hydroxyl groups excluding tert-OH is 1. The first-order chi connectivity index (χ1) is 20.0. The molecule has 1 amide bonds. The van der Waals surface area contributed by atoms with Crippen molar-refractivity contribution in [3.8, 4) is 11.5 Å². The smallest absolute Gasteiger partial charge is 0.261 e. The lowest BCUT2D eigenvalue weighted by Gasteiger charge is -2.34. The van der Waals surface area contributed by atoms with Crippen LogP contribution >= 0.6 is 11.6 Å².